The van der Waals surface area contributed by atoms with E-state index in [9.17, 15) is 9.90 Å². The Hall–Kier alpha value is -6.41. The minimum Gasteiger partial charge on any atom is -0.508 e. The van der Waals surface area contributed by atoms with Crippen molar-refractivity contribution in [3.63, 3.8) is 0 Å². The summed E-state index contributed by atoms with van der Waals surface area (Å²) in [6.45, 7) is 20.1. The fourth-order valence-corrected chi connectivity index (χ4v) is 9.08. The zero-order valence-corrected chi connectivity index (χ0v) is 42.5. The van der Waals surface area contributed by atoms with Crippen LogP contribution in [0.4, 0.5) is 5.95 Å². The van der Waals surface area contributed by atoms with Crippen LogP contribution in [0.3, 0.4) is 0 Å². The number of carbonyl (C=O) groups excluding carboxylic acids is 1. The summed E-state index contributed by atoms with van der Waals surface area (Å²) >= 11 is 1.64. The number of aryl methyl sites for hydroxylation is 2. The molecule has 68 heavy (non-hydrogen) atoms. The van der Waals surface area contributed by atoms with E-state index >= 15 is 0 Å². The molecule has 1 aromatic carbocycles. The highest BCUT2D eigenvalue weighted by atomic mass is 32.1. The van der Waals surface area contributed by atoms with Gasteiger partial charge in [0.1, 0.15) is 28.8 Å². The lowest BCUT2D eigenvalue weighted by atomic mass is 9.93. The molecule has 1 unspecified atom stereocenters. The summed E-state index contributed by atoms with van der Waals surface area (Å²) in [5, 5.41) is 26.4. The number of benzene rings is 1. The van der Waals surface area contributed by atoms with Gasteiger partial charge in [0.15, 0.2) is 0 Å². The average Bonchev–Trinajstić information content (AvgIpc) is 4.23. The van der Waals surface area contributed by atoms with E-state index in [2.05, 4.69) is 102 Å². The lowest BCUT2D eigenvalue weighted by molar-refractivity contribution is -0.124. The molecular weight excluding hydrogens is 873 g/mol. The van der Waals surface area contributed by atoms with Gasteiger partial charge in [-0.3, -0.25) is 4.79 Å². The number of nitrogens with two attached hydrogens (primary N) is 2. The molecule has 0 bridgehead atoms. The molecule has 5 aromatic heterocycles. The van der Waals surface area contributed by atoms with Crippen molar-refractivity contribution in [2.45, 2.75) is 113 Å². The van der Waals surface area contributed by atoms with Crippen molar-refractivity contribution in [2.24, 2.45) is 17.4 Å². The first kappa shape index (κ1) is 54.2. The molecule has 2 fully saturated rings. The van der Waals surface area contributed by atoms with E-state index < -0.39 is 0 Å². The van der Waals surface area contributed by atoms with Gasteiger partial charge in [-0.05, 0) is 103 Å². The van der Waals surface area contributed by atoms with Gasteiger partial charge < -0.3 is 40.8 Å². The number of fused-ring (bicyclic) bond motifs is 1. The van der Waals surface area contributed by atoms with E-state index in [4.69, 9.17) is 10.9 Å². The molecule has 15 nitrogen and oxygen atoms in total. The molecule has 6 aromatic rings. The van der Waals surface area contributed by atoms with Crippen molar-refractivity contribution in [3.8, 4) is 34.2 Å². The Morgan fingerprint density at radius 3 is 2.25 bits per heavy atom. The Balaban J connectivity index is 0.000000296. The number of hydrogen-bond acceptors (Lipinski definition) is 14. The second-order valence-electron chi connectivity index (χ2n) is 16.2. The molecule has 0 radical (unpaired) electrons. The summed E-state index contributed by atoms with van der Waals surface area (Å²) in [6.07, 6.45) is 17.3. The second kappa shape index (κ2) is 27.4. The number of nitrogens with one attached hydrogen (secondary N) is 1. The molecule has 1 atom stereocenters. The predicted octanol–water partition coefficient (Wildman–Crippen LogP) is 9.31. The van der Waals surface area contributed by atoms with Gasteiger partial charge in [-0.25, -0.2) is 15.0 Å². The summed E-state index contributed by atoms with van der Waals surface area (Å²) < 4.78 is 7.81. The van der Waals surface area contributed by atoms with E-state index in [1.807, 2.05) is 82.9 Å². The number of anilines is 1. The minimum absolute atomic E-state index is 0.0165. The molecule has 8 rings (SSSR count). The monoisotopic (exact) mass is 945 g/mol. The Morgan fingerprint density at radius 2 is 1.66 bits per heavy atom. The van der Waals surface area contributed by atoms with Gasteiger partial charge >= 0.3 is 0 Å². The molecule has 364 valence electrons. The van der Waals surface area contributed by atoms with Crippen LogP contribution in [0, 0.1) is 25.3 Å². The number of thiazole rings is 1. The van der Waals surface area contributed by atoms with Gasteiger partial charge in [-0.1, -0.05) is 69.6 Å². The standard InChI is InChI=1S/C30H37N7O2.C18H19N3OS.C2H6.2CH5N/c1-6-23(29(38)7-2)25-15-28-26(34-33-25)16-27(37(28)8-3)20-9-11-36(12-10-20)30-31-17-21(18-32-30)24-14-22(39-35-24)13-19(4)5;1-3-21-10-4-5-16(21)18(22)19-11-14-6-8-15(9-7-14)17-13(2)20-12-23-17;3*1-2/h6-7,14-20,38H,8-13H2,1-5H3;1,6-9,12,16H,4-5,10-11H2,2H3,(H,19,22);1-2H3;2*2H2,1H3/b23-6-,29-7+;;;;. The van der Waals surface area contributed by atoms with Crippen molar-refractivity contribution in [1.29, 1.82) is 0 Å². The van der Waals surface area contributed by atoms with E-state index in [0.717, 1.165) is 109 Å². The third kappa shape index (κ3) is 13.6. The number of amides is 1. The number of carbonyl (C=O) groups is 1. The van der Waals surface area contributed by atoms with Gasteiger partial charge in [0.2, 0.25) is 11.9 Å². The van der Waals surface area contributed by atoms with Gasteiger partial charge in [0.25, 0.3) is 0 Å². The summed E-state index contributed by atoms with van der Waals surface area (Å²) in [5.74, 6) is 2.79. The minimum atomic E-state index is -0.181. The Morgan fingerprint density at radius 1 is 0.971 bits per heavy atom. The van der Waals surface area contributed by atoms with Crippen LogP contribution in [0.1, 0.15) is 108 Å². The number of rotatable bonds is 12. The van der Waals surface area contributed by atoms with Crippen LogP contribution in [-0.2, 0) is 24.3 Å². The summed E-state index contributed by atoms with van der Waals surface area (Å²) in [7, 11) is 3.00. The van der Waals surface area contributed by atoms with Crippen LogP contribution in [0.15, 0.2) is 82.8 Å². The molecule has 0 aliphatic carbocycles. The molecule has 7 heterocycles. The Labute approximate surface area is 407 Å². The Kier molecular flexibility index (Phi) is 21.8. The third-order valence-corrected chi connectivity index (χ3v) is 12.5. The van der Waals surface area contributed by atoms with E-state index in [0.29, 0.717) is 29.6 Å². The lowest BCUT2D eigenvalue weighted by Gasteiger charge is -2.32. The predicted molar refractivity (Wildman–Crippen MR) is 278 cm³/mol. The summed E-state index contributed by atoms with van der Waals surface area (Å²) in [4.78, 5) is 31.0. The smallest absolute Gasteiger partial charge is 0.243 e. The van der Waals surface area contributed by atoms with Crippen LogP contribution in [0.25, 0.3) is 38.3 Å². The van der Waals surface area contributed by atoms with E-state index in [-0.39, 0.29) is 17.7 Å². The van der Waals surface area contributed by atoms with E-state index in [1.54, 1.807) is 22.3 Å². The van der Waals surface area contributed by atoms with Crippen LogP contribution in [0.2, 0.25) is 0 Å². The first-order valence-electron chi connectivity index (χ1n) is 23.7. The van der Waals surface area contributed by atoms with Crippen molar-refractivity contribution in [1.82, 2.24) is 45.1 Å². The van der Waals surface area contributed by atoms with Gasteiger partial charge in [-0.2, -0.15) is 0 Å². The van der Waals surface area contributed by atoms with Crippen molar-refractivity contribution in [2.75, 3.05) is 38.6 Å². The second-order valence-corrected chi connectivity index (χ2v) is 17.0. The molecule has 0 spiro atoms. The highest BCUT2D eigenvalue weighted by Gasteiger charge is 2.29. The quantitative estimate of drug-likeness (QED) is 0.0514. The number of piperidine rings is 1. The number of allylic oxidation sites excluding steroid dienone is 3. The number of nitrogens with zero attached hydrogens (tertiary/aromatic N) is 9. The number of aromatic nitrogens is 7. The first-order chi connectivity index (χ1) is 33.1. The molecule has 16 heteroatoms. The molecule has 2 aliphatic heterocycles. The zero-order valence-electron chi connectivity index (χ0n) is 41.7. The maximum atomic E-state index is 12.2. The van der Waals surface area contributed by atoms with Crippen molar-refractivity contribution < 1.29 is 14.4 Å². The van der Waals surface area contributed by atoms with Crippen LogP contribution >= 0.6 is 11.3 Å². The Bertz CT molecular complexity index is 2560. The van der Waals surface area contributed by atoms with Crippen LogP contribution < -0.4 is 21.7 Å². The number of aliphatic hydroxyl groups excluding tert-OH is 1. The zero-order chi connectivity index (χ0) is 49.8. The SMILES string of the molecule is C#CN1CCCC1C(=O)NCc1ccc(-c2scnc2C)cc1.C/C=C(\C(O)=C/C)c1cc2c(cc(C3CCN(c4ncc(-c5cc(CC(C)C)on5)cn4)CC3)n2CC)nn1.CC.CN.CN. The van der Waals surface area contributed by atoms with Crippen molar-refractivity contribution >= 4 is 39.8 Å². The number of likely N-dealkylation sites (tertiary alicyclic amines) is 1. The molecule has 0 saturated carbocycles. The van der Waals surface area contributed by atoms with Gasteiger partial charge in [-0.15, -0.1) is 21.5 Å². The van der Waals surface area contributed by atoms with Crippen LogP contribution in [0.5, 0.6) is 0 Å². The number of aliphatic hydroxyl groups is 1. The lowest BCUT2D eigenvalue weighted by Crippen LogP contribution is -2.40. The van der Waals surface area contributed by atoms with Gasteiger partial charge in [0.05, 0.1) is 27.3 Å². The number of terminal acetylenes is 1. The summed E-state index contributed by atoms with van der Waals surface area (Å²) in [6, 6.07) is 16.8. The first-order valence-corrected chi connectivity index (χ1v) is 24.6. The van der Waals surface area contributed by atoms with E-state index in [1.165, 1.54) is 24.7 Å². The highest BCUT2D eigenvalue weighted by molar-refractivity contribution is 7.13. The van der Waals surface area contributed by atoms with Crippen LogP contribution in [-0.4, -0.2) is 90.6 Å². The molecule has 2 saturated heterocycles. The molecule has 1 amide bonds. The van der Waals surface area contributed by atoms with Gasteiger partial charge in [0, 0.05) is 86.4 Å². The fourth-order valence-electron chi connectivity index (χ4n) is 8.27. The third-order valence-electron chi connectivity index (χ3n) is 11.6. The normalized spacial score (nSPS) is 15.0. The highest BCUT2D eigenvalue weighted by Crippen LogP contribution is 2.34. The maximum absolute atomic E-state index is 12.2. The largest absolute Gasteiger partial charge is 0.508 e. The average molecular weight is 945 g/mol. The molecule has 2 aliphatic rings. The van der Waals surface area contributed by atoms with Crippen molar-refractivity contribution in [3.05, 3.63) is 107 Å². The fraction of sp³-hybridized carbons (Fsp3) is 0.442. The number of hydrogen-bond donors (Lipinski definition) is 4. The maximum Gasteiger partial charge on any atom is 0.243 e. The molecule has 6 N–H and O–H groups in total. The molecular formula is C52H72N12O3S. The topological polar surface area (TPSA) is 203 Å². The summed E-state index contributed by atoms with van der Waals surface area (Å²) in [5.41, 5.74) is 20.4.